The van der Waals surface area contributed by atoms with Crippen molar-refractivity contribution in [1.29, 1.82) is 0 Å². The van der Waals surface area contributed by atoms with Crippen molar-refractivity contribution in [2.24, 2.45) is 5.92 Å². The molecule has 1 aliphatic heterocycles. The number of hydrogen-bond donors (Lipinski definition) is 1. The number of aromatic nitrogens is 3. The van der Waals surface area contributed by atoms with E-state index in [2.05, 4.69) is 19.9 Å². The first-order chi connectivity index (χ1) is 12.1. The summed E-state index contributed by atoms with van der Waals surface area (Å²) in [4.78, 5) is 17.9. The van der Waals surface area contributed by atoms with E-state index in [0.29, 0.717) is 37.6 Å². The molecule has 132 valence electrons. The molecular weight excluding hydrogens is 327 g/mol. The van der Waals surface area contributed by atoms with Gasteiger partial charge in [-0.15, -0.1) is 5.10 Å². The highest BCUT2D eigenvalue weighted by molar-refractivity contribution is 5.74. The summed E-state index contributed by atoms with van der Waals surface area (Å²) in [6.07, 6.45) is 1.68. The number of hydrogen-bond acceptors (Lipinski definition) is 7. The molecule has 0 amide bonds. The van der Waals surface area contributed by atoms with E-state index in [1.54, 1.807) is 12.1 Å². The van der Waals surface area contributed by atoms with Crippen molar-refractivity contribution >= 4 is 11.9 Å². The van der Waals surface area contributed by atoms with E-state index in [-0.39, 0.29) is 11.7 Å². The molecule has 1 fully saturated rings. The minimum Gasteiger partial charge on any atom is -0.467 e. The molecule has 1 aliphatic rings. The summed E-state index contributed by atoms with van der Waals surface area (Å²) in [5.41, 5.74) is 1.37. The molecule has 1 unspecified atom stereocenters. The summed E-state index contributed by atoms with van der Waals surface area (Å²) in [6.45, 7) is 1.21. The maximum atomic E-state index is 13.0. The molecule has 1 aromatic heterocycles. The number of methoxy groups -OCH3 is 1. The Morgan fingerprint density at radius 2 is 2.00 bits per heavy atom. The molecule has 0 radical (unpaired) electrons. The van der Waals surface area contributed by atoms with Crippen LogP contribution in [0.3, 0.4) is 0 Å². The van der Waals surface area contributed by atoms with Gasteiger partial charge in [0.25, 0.3) is 0 Å². The number of aliphatic hydroxyl groups is 1. The number of benzene rings is 1. The first-order valence-electron chi connectivity index (χ1n) is 8.05. The van der Waals surface area contributed by atoms with E-state index < -0.39 is 12.1 Å². The summed E-state index contributed by atoms with van der Waals surface area (Å²) >= 11 is 0. The van der Waals surface area contributed by atoms with Crippen LogP contribution in [0.15, 0.2) is 30.5 Å². The molecule has 0 bridgehead atoms. The molecule has 8 heteroatoms. The Morgan fingerprint density at radius 3 is 2.64 bits per heavy atom. The lowest BCUT2D eigenvalue weighted by Gasteiger charge is -2.33. The first-order valence-corrected chi connectivity index (χ1v) is 8.05. The predicted molar refractivity (Wildman–Crippen MR) is 88.2 cm³/mol. The zero-order valence-electron chi connectivity index (χ0n) is 13.8. The molecule has 7 nitrogen and oxygen atoms in total. The van der Waals surface area contributed by atoms with Gasteiger partial charge in [-0.1, -0.05) is 0 Å². The van der Waals surface area contributed by atoms with Crippen LogP contribution in [0.1, 0.15) is 12.8 Å². The zero-order chi connectivity index (χ0) is 17.8. The monoisotopic (exact) mass is 346 g/mol. The van der Waals surface area contributed by atoms with E-state index in [1.165, 1.54) is 25.4 Å². The summed E-state index contributed by atoms with van der Waals surface area (Å²) in [5, 5.41) is 18.0. The number of nitrogens with zero attached hydrogens (tertiary/aromatic N) is 4. The number of rotatable bonds is 4. The molecule has 1 atom stereocenters. The third-order valence-corrected chi connectivity index (χ3v) is 4.40. The lowest BCUT2D eigenvalue weighted by atomic mass is 9.91. The summed E-state index contributed by atoms with van der Waals surface area (Å²) in [5.74, 6) is -0.573. The van der Waals surface area contributed by atoms with Crippen molar-refractivity contribution in [2.75, 3.05) is 25.1 Å². The lowest BCUT2D eigenvalue weighted by molar-refractivity contribution is -0.153. The molecule has 0 spiro atoms. The van der Waals surface area contributed by atoms with Crippen LogP contribution in [0.2, 0.25) is 0 Å². The third kappa shape index (κ3) is 3.90. The van der Waals surface area contributed by atoms with Gasteiger partial charge in [-0.3, -0.25) is 0 Å². The number of carbonyl (C=O) groups is 1. The van der Waals surface area contributed by atoms with Gasteiger partial charge < -0.3 is 14.7 Å². The molecule has 25 heavy (non-hydrogen) atoms. The van der Waals surface area contributed by atoms with Crippen molar-refractivity contribution < 1.29 is 19.0 Å². The number of esters is 1. The zero-order valence-corrected chi connectivity index (χ0v) is 13.8. The summed E-state index contributed by atoms with van der Waals surface area (Å²) in [7, 11) is 1.27. The maximum absolute atomic E-state index is 13.0. The van der Waals surface area contributed by atoms with Gasteiger partial charge in [-0.05, 0) is 43.0 Å². The van der Waals surface area contributed by atoms with Gasteiger partial charge in [0.2, 0.25) is 5.95 Å². The Labute approximate surface area is 144 Å². The number of anilines is 1. The summed E-state index contributed by atoms with van der Waals surface area (Å²) < 4.78 is 17.6. The van der Waals surface area contributed by atoms with Crippen LogP contribution < -0.4 is 4.90 Å². The Balaban J connectivity index is 1.69. The molecule has 0 saturated carbocycles. The van der Waals surface area contributed by atoms with Crippen molar-refractivity contribution in [2.45, 2.75) is 18.9 Å². The van der Waals surface area contributed by atoms with Crippen molar-refractivity contribution in [1.82, 2.24) is 15.2 Å². The highest BCUT2D eigenvalue weighted by Crippen LogP contribution is 2.25. The second-order valence-corrected chi connectivity index (χ2v) is 5.94. The average Bonchev–Trinajstić information content (AvgIpc) is 2.67. The van der Waals surface area contributed by atoms with E-state index >= 15 is 0 Å². The molecule has 0 aliphatic carbocycles. The fourth-order valence-electron chi connectivity index (χ4n) is 2.92. The van der Waals surface area contributed by atoms with Crippen LogP contribution in [0, 0.1) is 11.7 Å². The highest BCUT2D eigenvalue weighted by Gasteiger charge is 2.31. The standard InChI is InChI=1S/C17H19FN4O3/c1-25-16(24)15(23)12-6-8-22(9-7-12)17-20-14(10-19-21-17)11-2-4-13(18)5-3-11/h2-5,10,12,15,23H,6-9H2,1H3. The minimum absolute atomic E-state index is 0.142. The predicted octanol–water partition coefficient (Wildman–Crippen LogP) is 1.43. The van der Waals surface area contributed by atoms with E-state index in [0.717, 1.165) is 5.56 Å². The van der Waals surface area contributed by atoms with Gasteiger partial charge in [0.05, 0.1) is 19.0 Å². The SMILES string of the molecule is COC(=O)C(O)C1CCN(c2nncc(-c3ccc(F)cc3)n2)CC1. The van der Waals surface area contributed by atoms with Crippen LogP contribution in [-0.2, 0) is 9.53 Å². The molecule has 1 aromatic carbocycles. The molecule has 2 heterocycles. The van der Waals surface area contributed by atoms with Gasteiger partial charge in [-0.2, -0.15) is 5.10 Å². The number of aliphatic hydroxyl groups excluding tert-OH is 1. The molecule has 1 saturated heterocycles. The van der Waals surface area contributed by atoms with Crippen LogP contribution in [0.25, 0.3) is 11.3 Å². The van der Waals surface area contributed by atoms with Crippen molar-refractivity contribution in [3.8, 4) is 11.3 Å². The van der Waals surface area contributed by atoms with E-state index in [1.807, 2.05) is 4.90 Å². The fourth-order valence-corrected chi connectivity index (χ4v) is 2.92. The normalized spacial score (nSPS) is 16.5. The Bertz CT molecular complexity index is 733. The van der Waals surface area contributed by atoms with Gasteiger partial charge in [-0.25, -0.2) is 14.2 Å². The van der Waals surface area contributed by atoms with Gasteiger partial charge in [0.1, 0.15) is 5.82 Å². The van der Waals surface area contributed by atoms with Gasteiger partial charge in [0, 0.05) is 18.7 Å². The molecule has 3 rings (SSSR count). The smallest absolute Gasteiger partial charge is 0.334 e. The quantitative estimate of drug-likeness (QED) is 0.838. The van der Waals surface area contributed by atoms with E-state index in [9.17, 15) is 14.3 Å². The van der Waals surface area contributed by atoms with Gasteiger partial charge >= 0.3 is 5.97 Å². The topological polar surface area (TPSA) is 88.4 Å². The van der Waals surface area contributed by atoms with Gasteiger partial charge in [0.15, 0.2) is 6.10 Å². The number of carbonyl (C=O) groups excluding carboxylic acids is 1. The van der Waals surface area contributed by atoms with Crippen LogP contribution in [0.4, 0.5) is 10.3 Å². The van der Waals surface area contributed by atoms with Crippen LogP contribution >= 0.6 is 0 Å². The molecule has 2 aromatic rings. The van der Waals surface area contributed by atoms with Crippen molar-refractivity contribution in [3.05, 3.63) is 36.3 Å². The second-order valence-electron chi connectivity index (χ2n) is 5.94. The first kappa shape index (κ1) is 17.2. The fraction of sp³-hybridized carbons (Fsp3) is 0.412. The Kier molecular flexibility index (Phi) is 5.18. The molecular formula is C17H19FN4O3. The summed E-state index contributed by atoms with van der Waals surface area (Å²) in [6, 6.07) is 6.03. The van der Waals surface area contributed by atoms with Crippen molar-refractivity contribution in [3.63, 3.8) is 0 Å². The Morgan fingerprint density at radius 1 is 1.32 bits per heavy atom. The second kappa shape index (κ2) is 7.52. The number of piperidine rings is 1. The number of ether oxygens (including phenoxy) is 1. The average molecular weight is 346 g/mol. The third-order valence-electron chi connectivity index (χ3n) is 4.40. The lowest BCUT2D eigenvalue weighted by Crippen LogP contribution is -2.41. The highest BCUT2D eigenvalue weighted by atomic mass is 19.1. The number of halogens is 1. The Hall–Kier alpha value is -2.61. The van der Waals surface area contributed by atoms with E-state index in [4.69, 9.17) is 0 Å². The largest absolute Gasteiger partial charge is 0.467 e. The minimum atomic E-state index is -1.10. The van der Waals surface area contributed by atoms with Crippen LogP contribution in [0.5, 0.6) is 0 Å². The molecule has 1 N–H and O–H groups in total. The maximum Gasteiger partial charge on any atom is 0.334 e. The van der Waals surface area contributed by atoms with Crippen LogP contribution in [-0.4, -0.2) is 52.6 Å².